The third kappa shape index (κ3) is 8.61. The summed E-state index contributed by atoms with van der Waals surface area (Å²) < 4.78 is 33.7. The van der Waals surface area contributed by atoms with Crippen molar-refractivity contribution in [2.24, 2.45) is 5.92 Å². The Hall–Kier alpha value is -3.96. The zero-order valence-electron chi connectivity index (χ0n) is 25.9. The minimum absolute atomic E-state index is 0.0922. The molecule has 242 valence electrons. The first kappa shape index (κ1) is 33.9. The summed E-state index contributed by atoms with van der Waals surface area (Å²) in [7, 11) is 0. The summed E-state index contributed by atoms with van der Waals surface area (Å²) >= 11 is 6.65. The van der Waals surface area contributed by atoms with E-state index in [0.29, 0.717) is 17.0 Å². The van der Waals surface area contributed by atoms with Crippen LogP contribution >= 0.6 is 11.6 Å². The fraction of sp³-hybridized carbons (Fsp3) is 0.485. The minimum Gasteiger partial charge on any atom is -0.465 e. The molecule has 8 atom stereocenters. The largest absolute Gasteiger partial charge is 0.465 e. The van der Waals surface area contributed by atoms with E-state index in [1.54, 1.807) is 18.2 Å². The number of esters is 5. The van der Waals surface area contributed by atoms with E-state index in [-0.39, 0.29) is 18.8 Å². The molecule has 2 unspecified atom stereocenters. The lowest BCUT2D eigenvalue weighted by Gasteiger charge is -2.48. The van der Waals surface area contributed by atoms with Crippen LogP contribution in [0, 0.1) is 5.92 Å². The lowest BCUT2D eigenvalue weighted by Crippen LogP contribution is -2.62. The molecule has 1 saturated heterocycles. The molecule has 4 rings (SSSR count). The molecule has 45 heavy (non-hydrogen) atoms. The highest BCUT2D eigenvalue weighted by molar-refractivity contribution is 6.31. The zero-order valence-corrected chi connectivity index (χ0v) is 26.7. The van der Waals surface area contributed by atoms with Crippen molar-refractivity contribution in [3.05, 3.63) is 69.7 Å². The Morgan fingerprint density at radius 3 is 1.73 bits per heavy atom. The minimum atomic E-state index is -1.34. The van der Waals surface area contributed by atoms with E-state index in [0.717, 1.165) is 30.5 Å². The second kappa shape index (κ2) is 14.4. The summed E-state index contributed by atoms with van der Waals surface area (Å²) in [6.07, 6.45) is -4.36. The molecular weight excluding hydrogens is 608 g/mol. The fourth-order valence-electron chi connectivity index (χ4n) is 5.93. The first-order valence-electron chi connectivity index (χ1n) is 14.6. The molecule has 2 aromatic rings. The van der Waals surface area contributed by atoms with E-state index in [9.17, 15) is 24.0 Å². The van der Waals surface area contributed by atoms with E-state index >= 15 is 0 Å². The van der Waals surface area contributed by atoms with Gasteiger partial charge in [0.05, 0.1) is 17.9 Å². The van der Waals surface area contributed by atoms with Gasteiger partial charge in [-0.25, -0.2) is 0 Å². The molecule has 1 saturated carbocycles. The van der Waals surface area contributed by atoms with Gasteiger partial charge in [0, 0.05) is 39.6 Å². The molecule has 1 aliphatic carbocycles. The highest BCUT2D eigenvalue weighted by Gasteiger charge is 2.58. The van der Waals surface area contributed by atoms with Crippen molar-refractivity contribution in [3.63, 3.8) is 0 Å². The van der Waals surface area contributed by atoms with Gasteiger partial charge >= 0.3 is 29.8 Å². The van der Waals surface area contributed by atoms with Crippen LogP contribution in [0.25, 0.3) is 0 Å². The Labute approximate surface area is 266 Å². The lowest BCUT2D eigenvalue weighted by molar-refractivity contribution is -0.222. The van der Waals surface area contributed by atoms with Gasteiger partial charge in [-0.2, -0.15) is 0 Å². The van der Waals surface area contributed by atoms with E-state index in [1.807, 2.05) is 31.2 Å². The van der Waals surface area contributed by atoms with Crippen LogP contribution in [0.1, 0.15) is 75.8 Å². The van der Waals surface area contributed by atoms with Gasteiger partial charge in [-0.05, 0) is 41.7 Å². The maximum absolute atomic E-state index is 12.5. The predicted octanol–water partition coefficient (Wildman–Crippen LogP) is 4.39. The van der Waals surface area contributed by atoms with Gasteiger partial charge in [0.25, 0.3) is 0 Å². The number of epoxide rings is 1. The molecule has 0 aromatic heterocycles. The second-order valence-corrected chi connectivity index (χ2v) is 11.7. The summed E-state index contributed by atoms with van der Waals surface area (Å²) in [6, 6.07) is 13.2. The number of hydrogen-bond acceptors (Lipinski definition) is 11. The van der Waals surface area contributed by atoms with E-state index in [2.05, 4.69) is 0 Å². The van der Waals surface area contributed by atoms with Crippen molar-refractivity contribution in [1.82, 2.24) is 0 Å². The van der Waals surface area contributed by atoms with Crippen molar-refractivity contribution in [1.29, 1.82) is 0 Å². The highest BCUT2D eigenvalue weighted by atomic mass is 35.5. The Kier molecular flexibility index (Phi) is 10.9. The van der Waals surface area contributed by atoms with Crippen LogP contribution < -0.4 is 0 Å². The lowest BCUT2D eigenvalue weighted by atomic mass is 9.70. The molecule has 0 spiro atoms. The van der Waals surface area contributed by atoms with Crippen molar-refractivity contribution in [3.8, 4) is 0 Å². The predicted molar refractivity (Wildman–Crippen MR) is 159 cm³/mol. The summed E-state index contributed by atoms with van der Waals surface area (Å²) in [5.74, 6) is -5.49. The molecule has 1 aliphatic heterocycles. The Morgan fingerprint density at radius 2 is 1.20 bits per heavy atom. The molecule has 12 heteroatoms. The molecular formula is C33H37ClO11. The smallest absolute Gasteiger partial charge is 0.303 e. The number of ether oxygens (including phenoxy) is 6. The Bertz CT molecular complexity index is 1440. The van der Waals surface area contributed by atoms with Crippen LogP contribution in [0.15, 0.2) is 42.5 Å². The fourth-order valence-corrected chi connectivity index (χ4v) is 6.12. The first-order valence-corrected chi connectivity index (χ1v) is 15.0. The molecule has 1 heterocycles. The summed E-state index contributed by atoms with van der Waals surface area (Å²) in [6.45, 7) is 7.54. The van der Waals surface area contributed by atoms with E-state index in [4.69, 9.17) is 40.0 Å². The summed E-state index contributed by atoms with van der Waals surface area (Å²) in [4.78, 5) is 61.4. The number of rotatable bonds is 10. The van der Waals surface area contributed by atoms with Crippen LogP contribution in [0.3, 0.4) is 0 Å². The van der Waals surface area contributed by atoms with Crippen LogP contribution in [-0.4, -0.2) is 67.0 Å². The van der Waals surface area contributed by atoms with Gasteiger partial charge in [0.15, 0.2) is 18.3 Å². The number of benzene rings is 2. The van der Waals surface area contributed by atoms with Gasteiger partial charge in [-0.15, -0.1) is 0 Å². The topological polar surface area (TPSA) is 144 Å². The maximum Gasteiger partial charge on any atom is 0.303 e. The number of hydrogen-bond donors (Lipinski definition) is 0. The van der Waals surface area contributed by atoms with Crippen molar-refractivity contribution in [2.75, 3.05) is 6.61 Å². The van der Waals surface area contributed by atoms with Crippen LogP contribution in [0.5, 0.6) is 0 Å². The highest BCUT2D eigenvalue weighted by Crippen LogP contribution is 2.45. The SMILES string of the molecule is CC(=O)OC[C@@H]1[C@@H](OC(C)=O)[C@H](OC(C)=O)[C@@H](OC(C)=O)[C@H](c2ccc(Cl)c(Cc3ccc(C4OC4C)cc3)c2)[C@H]1OC(C)=O. The van der Waals surface area contributed by atoms with Crippen molar-refractivity contribution in [2.45, 2.75) is 90.5 Å². The van der Waals surface area contributed by atoms with E-state index in [1.165, 1.54) is 20.8 Å². The molecule has 0 bridgehead atoms. The summed E-state index contributed by atoms with van der Waals surface area (Å²) in [5.41, 5.74) is 3.32. The molecule has 2 aromatic carbocycles. The normalized spacial score (nSPS) is 27.1. The average Bonchev–Trinajstić information content (AvgIpc) is 3.67. The summed E-state index contributed by atoms with van der Waals surface area (Å²) in [5, 5.41) is 0.469. The Balaban J connectivity index is 1.82. The standard InChI is InChI=1S/C33H37ClO11/c1-16-29(41-16)23-9-7-22(8-10-23)13-25-14-24(11-12-27(25)34)28-30(42-18(3)36)26(15-40-17(2)35)31(43-19(4)37)33(45-21(6)39)32(28)44-20(5)38/h7-12,14,16,26,28-33H,13,15H2,1-6H3/t16?,26-,28+,29?,30-,31+,32-,33-/m0/s1. The molecule has 0 N–H and O–H groups in total. The first-order chi connectivity index (χ1) is 21.2. The van der Waals surface area contributed by atoms with Gasteiger partial charge in [0.1, 0.15) is 18.8 Å². The van der Waals surface area contributed by atoms with Crippen molar-refractivity contribution < 1.29 is 52.4 Å². The number of carbonyl (C=O) groups is 5. The van der Waals surface area contributed by atoms with Crippen LogP contribution in [-0.2, 0) is 58.8 Å². The van der Waals surface area contributed by atoms with Gasteiger partial charge in [-0.3, -0.25) is 24.0 Å². The molecule has 2 fully saturated rings. The Morgan fingerprint density at radius 1 is 0.689 bits per heavy atom. The monoisotopic (exact) mass is 644 g/mol. The molecule has 2 aliphatic rings. The second-order valence-electron chi connectivity index (χ2n) is 11.3. The quantitative estimate of drug-likeness (QED) is 0.206. The van der Waals surface area contributed by atoms with Crippen molar-refractivity contribution >= 4 is 41.4 Å². The zero-order chi connectivity index (χ0) is 33.0. The molecule has 11 nitrogen and oxygen atoms in total. The average molecular weight is 645 g/mol. The molecule has 0 radical (unpaired) electrons. The number of carbonyl (C=O) groups excluding carboxylic acids is 5. The van der Waals surface area contributed by atoms with Crippen LogP contribution in [0.2, 0.25) is 5.02 Å². The van der Waals surface area contributed by atoms with E-state index < -0.39 is 66.1 Å². The third-order valence-corrected chi connectivity index (χ3v) is 8.12. The molecule has 0 amide bonds. The van der Waals surface area contributed by atoms with Gasteiger partial charge in [-0.1, -0.05) is 48.0 Å². The number of halogens is 1. The third-order valence-electron chi connectivity index (χ3n) is 7.76. The maximum atomic E-state index is 12.5. The van der Waals surface area contributed by atoms with Gasteiger partial charge in [0.2, 0.25) is 0 Å². The van der Waals surface area contributed by atoms with Gasteiger partial charge < -0.3 is 28.4 Å². The van der Waals surface area contributed by atoms with Crippen LogP contribution in [0.4, 0.5) is 0 Å².